The molecule has 0 aliphatic heterocycles. The van der Waals surface area contributed by atoms with Gasteiger partial charge >= 0.3 is 0 Å². The van der Waals surface area contributed by atoms with Gasteiger partial charge in [-0.15, -0.1) is 0 Å². The molecule has 1 aromatic heterocycles. The van der Waals surface area contributed by atoms with Gasteiger partial charge in [0.25, 0.3) is 5.56 Å². The van der Waals surface area contributed by atoms with E-state index in [2.05, 4.69) is 10.4 Å². The number of aliphatic hydroxyl groups excluding tert-OH is 1. The van der Waals surface area contributed by atoms with Crippen LogP contribution in [-0.2, 0) is 0 Å². The number of rotatable bonds is 7. The van der Waals surface area contributed by atoms with E-state index >= 15 is 0 Å². The van der Waals surface area contributed by atoms with E-state index in [4.69, 9.17) is 16.3 Å². The highest BCUT2D eigenvalue weighted by Crippen LogP contribution is 2.25. The second kappa shape index (κ2) is 8.98. The van der Waals surface area contributed by atoms with Gasteiger partial charge in [0, 0.05) is 11.9 Å². The summed E-state index contributed by atoms with van der Waals surface area (Å²) in [6.45, 7) is 0.244. The normalized spacial score (nSPS) is 11.9. The Morgan fingerprint density at radius 3 is 2.60 bits per heavy atom. The van der Waals surface area contributed by atoms with Crippen LogP contribution in [0.5, 0.6) is 5.75 Å². The number of aliphatic hydroxyl groups is 1. The van der Waals surface area contributed by atoms with Crippen LogP contribution in [0.25, 0.3) is 16.5 Å². The standard InChI is InChI=1S/C23H20ClN3O3/c24-22-20(14-26-27(23(22)29)17-9-2-1-3-10-17)25-13-18(28)15-30-21-12-6-8-16-7-4-5-11-19(16)21/h1-12,14,18,25,28H,13,15H2. The van der Waals surface area contributed by atoms with E-state index in [0.717, 1.165) is 10.8 Å². The minimum absolute atomic E-state index is 0.0102. The van der Waals surface area contributed by atoms with Crippen molar-refractivity contribution < 1.29 is 9.84 Å². The third kappa shape index (κ3) is 4.30. The Morgan fingerprint density at radius 1 is 1.03 bits per heavy atom. The molecule has 1 heterocycles. The van der Waals surface area contributed by atoms with E-state index in [-0.39, 0.29) is 18.2 Å². The van der Waals surface area contributed by atoms with Crippen LogP contribution < -0.4 is 15.6 Å². The topological polar surface area (TPSA) is 76.4 Å². The summed E-state index contributed by atoms with van der Waals surface area (Å²) in [6.07, 6.45) is 0.659. The molecule has 3 aromatic carbocycles. The van der Waals surface area contributed by atoms with Crippen molar-refractivity contribution in [2.24, 2.45) is 0 Å². The molecule has 4 aromatic rings. The minimum atomic E-state index is -0.809. The van der Waals surface area contributed by atoms with Crippen molar-refractivity contribution >= 4 is 28.1 Å². The van der Waals surface area contributed by atoms with Gasteiger partial charge in [-0.1, -0.05) is 66.2 Å². The highest BCUT2D eigenvalue weighted by Gasteiger charge is 2.13. The number of benzene rings is 3. The number of halogens is 1. The zero-order valence-electron chi connectivity index (χ0n) is 16.0. The van der Waals surface area contributed by atoms with E-state index in [9.17, 15) is 9.90 Å². The number of aromatic nitrogens is 2. The Kier molecular flexibility index (Phi) is 5.97. The Balaban J connectivity index is 1.40. The molecule has 0 radical (unpaired) electrons. The van der Waals surface area contributed by atoms with Gasteiger partial charge in [-0.3, -0.25) is 4.79 Å². The first kappa shape index (κ1) is 19.9. The van der Waals surface area contributed by atoms with Crippen molar-refractivity contribution in [3.8, 4) is 11.4 Å². The molecular weight excluding hydrogens is 402 g/mol. The zero-order valence-corrected chi connectivity index (χ0v) is 16.8. The predicted octanol–water partition coefficient (Wildman–Crippen LogP) is 3.89. The van der Waals surface area contributed by atoms with Crippen LogP contribution >= 0.6 is 11.6 Å². The van der Waals surface area contributed by atoms with E-state index < -0.39 is 11.7 Å². The van der Waals surface area contributed by atoms with Gasteiger partial charge < -0.3 is 15.2 Å². The smallest absolute Gasteiger partial charge is 0.292 e. The lowest BCUT2D eigenvalue weighted by atomic mass is 10.1. The highest BCUT2D eigenvalue weighted by molar-refractivity contribution is 6.32. The van der Waals surface area contributed by atoms with E-state index in [1.165, 1.54) is 10.9 Å². The minimum Gasteiger partial charge on any atom is -0.490 e. The molecule has 0 fully saturated rings. The first-order valence-corrected chi connectivity index (χ1v) is 9.87. The van der Waals surface area contributed by atoms with E-state index in [0.29, 0.717) is 17.1 Å². The summed E-state index contributed by atoms with van der Waals surface area (Å²) in [4.78, 5) is 12.5. The average molecular weight is 422 g/mol. The van der Waals surface area contributed by atoms with Crippen molar-refractivity contribution in [3.05, 3.63) is 94.4 Å². The third-order valence-corrected chi connectivity index (χ3v) is 4.99. The van der Waals surface area contributed by atoms with Crippen LogP contribution in [0.15, 0.2) is 83.8 Å². The van der Waals surface area contributed by atoms with Crippen molar-refractivity contribution in [2.75, 3.05) is 18.5 Å². The first-order chi connectivity index (χ1) is 14.6. The lowest BCUT2D eigenvalue weighted by Gasteiger charge is -2.16. The van der Waals surface area contributed by atoms with Crippen molar-refractivity contribution in [1.82, 2.24) is 9.78 Å². The monoisotopic (exact) mass is 421 g/mol. The molecule has 0 aliphatic rings. The largest absolute Gasteiger partial charge is 0.490 e. The molecule has 0 bridgehead atoms. The number of nitrogens with one attached hydrogen (secondary N) is 1. The quantitative estimate of drug-likeness (QED) is 0.473. The molecule has 7 heteroatoms. The number of anilines is 1. The number of fused-ring (bicyclic) bond motifs is 1. The molecule has 1 unspecified atom stereocenters. The van der Waals surface area contributed by atoms with Crippen LogP contribution in [0.1, 0.15) is 0 Å². The number of nitrogens with zero attached hydrogens (tertiary/aromatic N) is 2. The molecule has 0 amide bonds. The molecule has 0 aliphatic carbocycles. The summed E-state index contributed by atoms with van der Waals surface area (Å²) in [7, 11) is 0. The van der Waals surface area contributed by atoms with Gasteiger partial charge in [0.05, 0.1) is 17.6 Å². The van der Waals surface area contributed by atoms with Crippen molar-refractivity contribution in [1.29, 1.82) is 0 Å². The highest BCUT2D eigenvalue weighted by atomic mass is 35.5. The second-order valence-corrected chi connectivity index (χ2v) is 7.13. The zero-order chi connectivity index (χ0) is 20.9. The molecule has 0 spiro atoms. The Hall–Kier alpha value is -3.35. The molecule has 4 rings (SSSR count). The lowest BCUT2D eigenvalue weighted by Crippen LogP contribution is -2.28. The Morgan fingerprint density at radius 2 is 1.77 bits per heavy atom. The summed E-state index contributed by atoms with van der Waals surface area (Å²) in [5.74, 6) is 0.706. The maximum Gasteiger partial charge on any atom is 0.292 e. The van der Waals surface area contributed by atoms with E-state index in [1.54, 1.807) is 12.1 Å². The van der Waals surface area contributed by atoms with Crippen LogP contribution in [0.3, 0.4) is 0 Å². The van der Waals surface area contributed by atoms with Gasteiger partial charge in [0.15, 0.2) is 0 Å². The van der Waals surface area contributed by atoms with Crippen LogP contribution in [0, 0.1) is 0 Å². The van der Waals surface area contributed by atoms with E-state index in [1.807, 2.05) is 60.7 Å². The number of hydrogen-bond acceptors (Lipinski definition) is 5. The Bertz CT molecular complexity index is 1210. The van der Waals surface area contributed by atoms with Crippen LogP contribution in [-0.4, -0.2) is 34.1 Å². The third-order valence-electron chi connectivity index (χ3n) is 4.63. The fourth-order valence-electron chi connectivity index (χ4n) is 3.10. The van der Waals surface area contributed by atoms with Crippen LogP contribution in [0.4, 0.5) is 5.69 Å². The summed E-state index contributed by atoms with van der Waals surface area (Å²) in [5, 5.41) is 19.5. The van der Waals surface area contributed by atoms with Crippen molar-refractivity contribution in [2.45, 2.75) is 6.10 Å². The molecule has 6 nitrogen and oxygen atoms in total. The molecular formula is C23H20ClN3O3. The van der Waals surface area contributed by atoms with Gasteiger partial charge in [0.2, 0.25) is 0 Å². The average Bonchev–Trinajstić information content (AvgIpc) is 2.79. The number of hydrogen-bond donors (Lipinski definition) is 2. The molecule has 1 atom stereocenters. The summed E-state index contributed by atoms with van der Waals surface area (Å²) in [6, 6.07) is 22.7. The fourth-order valence-corrected chi connectivity index (χ4v) is 3.30. The SMILES string of the molecule is O=c1c(Cl)c(NCC(O)COc2cccc3ccccc23)cnn1-c1ccccc1. The van der Waals surface area contributed by atoms with Gasteiger partial charge in [-0.2, -0.15) is 9.78 Å². The van der Waals surface area contributed by atoms with Crippen LogP contribution in [0.2, 0.25) is 5.02 Å². The molecule has 152 valence electrons. The number of para-hydroxylation sites is 1. The maximum atomic E-state index is 12.5. The predicted molar refractivity (Wildman–Crippen MR) is 119 cm³/mol. The van der Waals surface area contributed by atoms with Gasteiger partial charge in [-0.05, 0) is 23.6 Å². The molecule has 30 heavy (non-hydrogen) atoms. The molecule has 0 saturated carbocycles. The lowest BCUT2D eigenvalue weighted by molar-refractivity contribution is 0.118. The molecule has 0 saturated heterocycles. The fraction of sp³-hybridized carbons (Fsp3) is 0.130. The second-order valence-electron chi connectivity index (χ2n) is 6.75. The van der Waals surface area contributed by atoms with Gasteiger partial charge in [0.1, 0.15) is 23.5 Å². The Labute approximate surface area is 178 Å². The summed E-state index contributed by atoms with van der Waals surface area (Å²) >= 11 is 6.22. The summed E-state index contributed by atoms with van der Waals surface area (Å²) < 4.78 is 7.03. The van der Waals surface area contributed by atoms with Crippen molar-refractivity contribution in [3.63, 3.8) is 0 Å². The van der Waals surface area contributed by atoms with Gasteiger partial charge in [-0.25, -0.2) is 0 Å². The first-order valence-electron chi connectivity index (χ1n) is 9.49. The number of ether oxygens (including phenoxy) is 1. The molecule has 2 N–H and O–H groups in total. The maximum absolute atomic E-state index is 12.5. The summed E-state index contributed by atoms with van der Waals surface area (Å²) in [5.41, 5.74) is 0.548.